The topological polar surface area (TPSA) is 57.1 Å². The van der Waals surface area contributed by atoms with E-state index < -0.39 is 0 Å². The molecule has 4 heteroatoms. The van der Waals surface area contributed by atoms with Gasteiger partial charge in [0.15, 0.2) is 0 Å². The first-order valence-corrected chi connectivity index (χ1v) is 3.52. The second-order valence-corrected chi connectivity index (χ2v) is 2.17. The van der Waals surface area contributed by atoms with Gasteiger partial charge in [0.05, 0.1) is 7.11 Å². The van der Waals surface area contributed by atoms with Gasteiger partial charge in [-0.1, -0.05) is 18.2 Å². The van der Waals surface area contributed by atoms with Crippen molar-refractivity contribution in [2.45, 2.75) is 0 Å². The molecular formula is C8H11N3O. The van der Waals surface area contributed by atoms with E-state index in [1.54, 1.807) is 0 Å². The molecule has 0 saturated heterocycles. The van der Waals surface area contributed by atoms with Crippen LogP contribution >= 0.6 is 0 Å². The lowest BCUT2D eigenvalue weighted by molar-refractivity contribution is 0.144. The smallest absolute Gasteiger partial charge is 0.217 e. The van der Waals surface area contributed by atoms with Crippen LogP contribution in [-0.4, -0.2) is 13.1 Å². The van der Waals surface area contributed by atoms with Crippen molar-refractivity contribution in [2.24, 2.45) is 0 Å². The van der Waals surface area contributed by atoms with Gasteiger partial charge in [0, 0.05) is 5.69 Å². The summed E-state index contributed by atoms with van der Waals surface area (Å²) in [6, 6.07) is 9.43. The van der Waals surface area contributed by atoms with Gasteiger partial charge in [0.2, 0.25) is 5.96 Å². The van der Waals surface area contributed by atoms with Gasteiger partial charge in [-0.2, -0.15) is 0 Å². The quantitative estimate of drug-likeness (QED) is 0.350. The van der Waals surface area contributed by atoms with Gasteiger partial charge < -0.3 is 5.32 Å². The zero-order valence-electron chi connectivity index (χ0n) is 6.79. The summed E-state index contributed by atoms with van der Waals surface area (Å²) in [5, 5.41) is 10.1. The van der Waals surface area contributed by atoms with Crippen LogP contribution < -0.4 is 10.8 Å². The summed E-state index contributed by atoms with van der Waals surface area (Å²) in [6.07, 6.45) is 0. The van der Waals surface area contributed by atoms with Gasteiger partial charge in [-0.15, -0.1) is 0 Å². The molecule has 0 bridgehead atoms. The van der Waals surface area contributed by atoms with Crippen LogP contribution in [-0.2, 0) is 4.84 Å². The highest BCUT2D eigenvalue weighted by molar-refractivity contribution is 5.90. The highest BCUT2D eigenvalue weighted by atomic mass is 16.6. The predicted octanol–water partition coefficient (Wildman–Crippen LogP) is 1.18. The fraction of sp³-hybridized carbons (Fsp3) is 0.125. The van der Waals surface area contributed by atoms with Crippen LogP contribution in [0.3, 0.4) is 0 Å². The summed E-state index contributed by atoms with van der Waals surface area (Å²) in [6.45, 7) is 0. The zero-order valence-corrected chi connectivity index (χ0v) is 6.79. The van der Waals surface area contributed by atoms with Crippen LogP contribution in [0, 0.1) is 5.41 Å². The predicted molar refractivity (Wildman–Crippen MR) is 47.9 cm³/mol. The van der Waals surface area contributed by atoms with Crippen molar-refractivity contribution in [3.8, 4) is 0 Å². The van der Waals surface area contributed by atoms with Crippen molar-refractivity contribution in [1.82, 2.24) is 5.48 Å². The Morgan fingerprint density at radius 3 is 2.58 bits per heavy atom. The van der Waals surface area contributed by atoms with Crippen molar-refractivity contribution in [1.29, 1.82) is 5.41 Å². The highest BCUT2D eigenvalue weighted by Crippen LogP contribution is 2.03. The van der Waals surface area contributed by atoms with E-state index in [-0.39, 0.29) is 5.96 Å². The fourth-order valence-corrected chi connectivity index (χ4v) is 0.793. The van der Waals surface area contributed by atoms with E-state index >= 15 is 0 Å². The van der Waals surface area contributed by atoms with Gasteiger partial charge in [0.25, 0.3) is 0 Å². The maximum absolute atomic E-state index is 7.28. The molecule has 64 valence electrons. The molecule has 0 saturated carbocycles. The summed E-state index contributed by atoms with van der Waals surface area (Å²) in [5.41, 5.74) is 3.22. The van der Waals surface area contributed by atoms with Gasteiger partial charge in [-0.3, -0.25) is 10.2 Å². The first-order chi connectivity index (χ1) is 5.83. The van der Waals surface area contributed by atoms with Gasteiger partial charge >= 0.3 is 0 Å². The third kappa shape index (κ3) is 2.59. The molecule has 0 unspecified atom stereocenters. The van der Waals surface area contributed by atoms with Crippen molar-refractivity contribution in [3.05, 3.63) is 30.3 Å². The average molecular weight is 165 g/mol. The largest absolute Gasteiger partial charge is 0.325 e. The summed E-state index contributed by atoms with van der Waals surface area (Å²) in [4.78, 5) is 4.54. The summed E-state index contributed by atoms with van der Waals surface area (Å²) >= 11 is 0. The standard InChI is InChI=1S/C8H11N3O/c1-12-11-8(9)10-7-5-3-2-4-6-7/h2-6H,1H3,(H3,9,10,11). The van der Waals surface area contributed by atoms with E-state index in [0.717, 1.165) is 5.69 Å². The monoisotopic (exact) mass is 165 g/mol. The second-order valence-electron chi connectivity index (χ2n) is 2.17. The van der Waals surface area contributed by atoms with Crippen LogP contribution in [0.5, 0.6) is 0 Å². The number of guanidine groups is 1. The molecule has 1 aromatic rings. The van der Waals surface area contributed by atoms with Gasteiger partial charge in [-0.25, -0.2) is 5.48 Å². The normalized spacial score (nSPS) is 9.08. The molecule has 1 rings (SSSR count). The Morgan fingerprint density at radius 2 is 2.00 bits per heavy atom. The second kappa shape index (κ2) is 4.35. The maximum Gasteiger partial charge on any atom is 0.217 e. The Morgan fingerprint density at radius 1 is 1.33 bits per heavy atom. The number of para-hydroxylation sites is 1. The molecule has 0 atom stereocenters. The van der Waals surface area contributed by atoms with Crippen molar-refractivity contribution < 1.29 is 4.84 Å². The van der Waals surface area contributed by atoms with Crippen LogP contribution in [0.1, 0.15) is 0 Å². The number of hydrogen-bond acceptors (Lipinski definition) is 2. The maximum atomic E-state index is 7.28. The first kappa shape index (κ1) is 8.55. The minimum absolute atomic E-state index is 0.115. The molecule has 0 aliphatic rings. The number of anilines is 1. The summed E-state index contributed by atoms with van der Waals surface area (Å²) in [7, 11) is 1.46. The SMILES string of the molecule is CONC(=N)Nc1ccccc1. The molecule has 1 aromatic carbocycles. The number of hydroxylamine groups is 1. The molecule has 0 heterocycles. The first-order valence-electron chi connectivity index (χ1n) is 3.52. The van der Waals surface area contributed by atoms with Crippen LogP contribution in [0.2, 0.25) is 0 Å². The van der Waals surface area contributed by atoms with Gasteiger partial charge in [-0.05, 0) is 12.1 Å². The van der Waals surface area contributed by atoms with Crippen molar-refractivity contribution in [2.75, 3.05) is 12.4 Å². The molecule has 3 N–H and O–H groups in total. The average Bonchev–Trinajstić information content (AvgIpc) is 2.06. The van der Waals surface area contributed by atoms with Crippen LogP contribution in [0.15, 0.2) is 30.3 Å². The molecule has 0 aliphatic carbocycles. The van der Waals surface area contributed by atoms with Crippen molar-refractivity contribution in [3.63, 3.8) is 0 Å². The minimum atomic E-state index is 0.115. The third-order valence-electron chi connectivity index (χ3n) is 1.25. The lowest BCUT2D eigenvalue weighted by Gasteiger charge is -2.06. The van der Waals surface area contributed by atoms with E-state index in [0.29, 0.717) is 0 Å². The Hall–Kier alpha value is -1.55. The number of nitrogens with one attached hydrogen (secondary N) is 3. The lowest BCUT2D eigenvalue weighted by Crippen LogP contribution is -2.28. The highest BCUT2D eigenvalue weighted by Gasteiger charge is 1.93. The number of rotatable bonds is 2. The Labute approximate surface area is 71.0 Å². The van der Waals surface area contributed by atoms with E-state index in [2.05, 4.69) is 15.6 Å². The zero-order chi connectivity index (χ0) is 8.81. The molecule has 0 spiro atoms. The lowest BCUT2D eigenvalue weighted by atomic mass is 10.3. The van der Waals surface area contributed by atoms with Crippen LogP contribution in [0.4, 0.5) is 5.69 Å². The molecule has 0 radical (unpaired) electrons. The van der Waals surface area contributed by atoms with E-state index in [4.69, 9.17) is 5.41 Å². The molecule has 0 aliphatic heterocycles. The van der Waals surface area contributed by atoms with Gasteiger partial charge in [0.1, 0.15) is 0 Å². The number of hydrogen-bond donors (Lipinski definition) is 3. The Kier molecular flexibility index (Phi) is 3.10. The van der Waals surface area contributed by atoms with Crippen LogP contribution in [0.25, 0.3) is 0 Å². The molecule has 0 aromatic heterocycles. The molecular weight excluding hydrogens is 154 g/mol. The van der Waals surface area contributed by atoms with E-state index in [9.17, 15) is 0 Å². The minimum Gasteiger partial charge on any atom is -0.325 e. The Bertz CT molecular complexity index is 248. The number of benzene rings is 1. The van der Waals surface area contributed by atoms with Crippen molar-refractivity contribution >= 4 is 11.6 Å². The Balaban J connectivity index is 2.47. The van der Waals surface area contributed by atoms with E-state index in [1.807, 2.05) is 30.3 Å². The molecule has 4 nitrogen and oxygen atoms in total. The van der Waals surface area contributed by atoms with E-state index in [1.165, 1.54) is 7.11 Å². The fourth-order valence-electron chi connectivity index (χ4n) is 0.793. The third-order valence-corrected chi connectivity index (χ3v) is 1.25. The molecule has 0 fully saturated rings. The summed E-state index contributed by atoms with van der Waals surface area (Å²) in [5.74, 6) is 0.115. The molecule has 12 heavy (non-hydrogen) atoms. The molecule has 0 amide bonds. The summed E-state index contributed by atoms with van der Waals surface area (Å²) < 4.78 is 0.